The Morgan fingerprint density at radius 2 is 1.65 bits per heavy atom. The highest BCUT2D eigenvalue weighted by Crippen LogP contribution is 2.14. The number of hydrogen-bond donors (Lipinski definition) is 2. The second-order valence-corrected chi connectivity index (χ2v) is 6.30. The van der Waals surface area contributed by atoms with Crippen LogP contribution in [0.15, 0.2) is 42.6 Å². The van der Waals surface area contributed by atoms with E-state index >= 15 is 0 Å². The quantitative estimate of drug-likeness (QED) is 0.872. The van der Waals surface area contributed by atoms with Crippen LogP contribution in [0.25, 0.3) is 0 Å². The number of nitrogens with zero attached hydrogens (tertiary/aromatic N) is 2. The van der Waals surface area contributed by atoms with E-state index < -0.39 is 0 Å². The smallest absolute Gasteiger partial charge is 0.253 e. The molecule has 1 fully saturated rings. The minimum absolute atomic E-state index is 0.0594. The lowest BCUT2D eigenvalue weighted by molar-refractivity contribution is -0.132. The van der Waals surface area contributed by atoms with Crippen LogP contribution in [-0.2, 0) is 16.0 Å². The molecule has 1 aromatic carbocycles. The first-order valence-corrected chi connectivity index (χ1v) is 8.60. The minimum atomic E-state index is -0.149. The third-order valence-corrected chi connectivity index (χ3v) is 4.38. The van der Waals surface area contributed by atoms with Crippen LogP contribution in [0.3, 0.4) is 0 Å². The van der Waals surface area contributed by atoms with E-state index in [1.807, 2.05) is 12.1 Å². The number of hydrogen-bond acceptors (Lipinski definition) is 3. The Kier molecular flexibility index (Phi) is 5.36. The summed E-state index contributed by atoms with van der Waals surface area (Å²) < 4.78 is 0. The average molecular weight is 354 g/mol. The number of amides is 3. The van der Waals surface area contributed by atoms with Gasteiger partial charge in [0, 0.05) is 56.2 Å². The molecule has 26 heavy (non-hydrogen) atoms. The largest absolute Gasteiger partial charge is 0.365 e. The number of rotatable bonds is 4. The third-order valence-electron chi connectivity index (χ3n) is 4.38. The molecule has 1 aliphatic rings. The summed E-state index contributed by atoms with van der Waals surface area (Å²) in [5.74, 6) is -0.140. The first-order chi connectivity index (χ1) is 12.5. The van der Waals surface area contributed by atoms with Crippen LogP contribution in [0.1, 0.15) is 23.0 Å². The maximum Gasteiger partial charge on any atom is 0.253 e. The third kappa shape index (κ3) is 4.30. The predicted octanol–water partition coefficient (Wildman–Crippen LogP) is 1.50. The molecule has 0 unspecified atom stereocenters. The Bertz CT molecular complexity index is 776. The highest BCUT2D eigenvalue weighted by Gasteiger charge is 2.25. The van der Waals surface area contributed by atoms with Crippen molar-refractivity contribution in [2.45, 2.75) is 13.3 Å². The number of carbonyl (C=O) groups is 3. The highest BCUT2D eigenvalue weighted by molar-refractivity contribution is 5.95. The van der Waals surface area contributed by atoms with E-state index in [0.717, 1.165) is 5.69 Å². The lowest BCUT2D eigenvalue weighted by Crippen LogP contribution is -2.51. The SMILES string of the molecule is CC(=O)Nc1ccc(C(=O)N2CCN(C(=O)Cc3ccc[nH]3)CC2)cc1. The molecule has 0 bridgehead atoms. The minimum Gasteiger partial charge on any atom is -0.365 e. The van der Waals surface area contributed by atoms with Crippen molar-refractivity contribution < 1.29 is 14.4 Å². The van der Waals surface area contributed by atoms with Crippen LogP contribution in [0, 0.1) is 0 Å². The van der Waals surface area contributed by atoms with Gasteiger partial charge in [0.15, 0.2) is 0 Å². The summed E-state index contributed by atoms with van der Waals surface area (Å²) in [7, 11) is 0. The zero-order chi connectivity index (χ0) is 18.5. The van der Waals surface area contributed by atoms with Crippen LogP contribution in [-0.4, -0.2) is 58.7 Å². The maximum atomic E-state index is 12.6. The first kappa shape index (κ1) is 17.7. The van der Waals surface area contributed by atoms with Crippen LogP contribution >= 0.6 is 0 Å². The molecule has 1 aliphatic heterocycles. The molecular weight excluding hydrogens is 332 g/mol. The van der Waals surface area contributed by atoms with E-state index in [1.165, 1.54) is 6.92 Å². The number of benzene rings is 1. The number of carbonyl (C=O) groups excluding carboxylic acids is 3. The number of H-pyrrole nitrogens is 1. The van der Waals surface area contributed by atoms with E-state index in [1.54, 1.807) is 40.3 Å². The Balaban J connectivity index is 1.53. The summed E-state index contributed by atoms with van der Waals surface area (Å²) >= 11 is 0. The zero-order valence-corrected chi connectivity index (χ0v) is 14.7. The summed E-state index contributed by atoms with van der Waals surface area (Å²) in [4.78, 5) is 42.5. The number of anilines is 1. The normalized spacial score (nSPS) is 14.2. The molecule has 0 radical (unpaired) electrons. The van der Waals surface area contributed by atoms with Gasteiger partial charge in [-0.1, -0.05) is 0 Å². The van der Waals surface area contributed by atoms with Gasteiger partial charge in [0.2, 0.25) is 11.8 Å². The lowest BCUT2D eigenvalue weighted by atomic mass is 10.1. The Hall–Kier alpha value is -3.09. The van der Waals surface area contributed by atoms with Gasteiger partial charge in [-0.05, 0) is 36.4 Å². The van der Waals surface area contributed by atoms with E-state index in [-0.39, 0.29) is 17.7 Å². The fourth-order valence-corrected chi connectivity index (χ4v) is 2.99. The fourth-order valence-electron chi connectivity index (χ4n) is 2.99. The van der Waals surface area contributed by atoms with Crippen molar-refractivity contribution >= 4 is 23.4 Å². The summed E-state index contributed by atoms with van der Waals surface area (Å²) in [5.41, 5.74) is 2.13. The molecule has 1 aromatic heterocycles. The van der Waals surface area contributed by atoms with E-state index in [2.05, 4.69) is 10.3 Å². The molecule has 7 nitrogen and oxygen atoms in total. The summed E-state index contributed by atoms with van der Waals surface area (Å²) in [6.07, 6.45) is 2.15. The molecular formula is C19H22N4O3. The monoisotopic (exact) mass is 354 g/mol. The standard InChI is InChI=1S/C19H22N4O3/c1-14(24)21-16-6-4-15(5-7-16)19(26)23-11-9-22(10-12-23)18(25)13-17-3-2-8-20-17/h2-8,20H,9-13H2,1H3,(H,21,24). The fraction of sp³-hybridized carbons (Fsp3) is 0.316. The van der Waals surface area contributed by atoms with Gasteiger partial charge < -0.3 is 20.1 Å². The van der Waals surface area contributed by atoms with Crippen molar-refractivity contribution in [3.8, 4) is 0 Å². The second kappa shape index (κ2) is 7.86. The summed E-state index contributed by atoms with van der Waals surface area (Å²) in [6.45, 7) is 3.55. The molecule has 0 aliphatic carbocycles. The van der Waals surface area contributed by atoms with Crippen molar-refractivity contribution in [3.05, 3.63) is 53.9 Å². The van der Waals surface area contributed by atoms with Gasteiger partial charge in [-0.25, -0.2) is 0 Å². The summed E-state index contributed by atoms with van der Waals surface area (Å²) in [5, 5.41) is 2.68. The van der Waals surface area contributed by atoms with Gasteiger partial charge in [-0.2, -0.15) is 0 Å². The average Bonchev–Trinajstić information content (AvgIpc) is 3.14. The Morgan fingerprint density at radius 1 is 1.00 bits per heavy atom. The topological polar surface area (TPSA) is 85.5 Å². The van der Waals surface area contributed by atoms with Crippen molar-refractivity contribution in [2.24, 2.45) is 0 Å². The van der Waals surface area contributed by atoms with Crippen LogP contribution < -0.4 is 5.32 Å². The van der Waals surface area contributed by atoms with E-state index in [0.29, 0.717) is 43.9 Å². The van der Waals surface area contributed by atoms with Gasteiger partial charge in [-0.15, -0.1) is 0 Å². The molecule has 3 amide bonds. The van der Waals surface area contributed by atoms with Gasteiger partial charge >= 0.3 is 0 Å². The molecule has 2 heterocycles. The van der Waals surface area contributed by atoms with Crippen molar-refractivity contribution in [3.63, 3.8) is 0 Å². The first-order valence-electron chi connectivity index (χ1n) is 8.60. The summed E-state index contributed by atoms with van der Waals surface area (Å²) in [6, 6.07) is 10.6. The number of aromatic amines is 1. The molecule has 1 saturated heterocycles. The number of nitrogens with one attached hydrogen (secondary N) is 2. The van der Waals surface area contributed by atoms with Gasteiger partial charge in [-0.3, -0.25) is 14.4 Å². The highest BCUT2D eigenvalue weighted by atomic mass is 16.2. The molecule has 3 rings (SSSR count). The zero-order valence-electron chi connectivity index (χ0n) is 14.7. The lowest BCUT2D eigenvalue weighted by Gasteiger charge is -2.34. The van der Waals surface area contributed by atoms with Crippen LogP contribution in [0.4, 0.5) is 5.69 Å². The van der Waals surface area contributed by atoms with Gasteiger partial charge in [0.25, 0.3) is 5.91 Å². The van der Waals surface area contributed by atoms with E-state index in [9.17, 15) is 14.4 Å². The van der Waals surface area contributed by atoms with Gasteiger partial charge in [0.1, 0.15) is 0 Å². The van der Waals surface area contributed by atoms with Crippen LogP contribution in [0.5, 0.6) is 0 Å². The number of piperazine rings is 1. The second-order valence-electron chi connectivity index (χ2n) is 6.30. The number of aromatic nitrogens is 1. The molecule has 0 saturated carbocycles. The van der Waals surface area contributed by atoms with E-state index in [4.69, 9.17) is 0 Å². The molecule has 0 atom stereocenters. The molecule has 7 heteroatoms. The van der Waals surface area contributed by atoms with Crippen molar-refractivity contribution in [1.82, 2.24) is 14.8 Å². The molecule has 2 N–H and O–H groups in total. The predicted molar refractivity (Wildman–Crippen MR) is 97.7 cm³/mol. The molecule has 0 spiro atoms. The Morgan fingerprint density at radius 3 is 2.23 bits per heavy atom. The van der Waals surface area contributed by atoms with Crippen molar-refractivity contribution in [1.29, 1.82) is 0 Å². The van der Waals surface area contributed by atoms with Crippen molar-refractivity contribution in [2.75, 3.05) is 31.5 Å². The Labute approximate surface area is 152 Å². The maximum absolute atomic E-state index is 12.6. The molecule has 2 aromatic rings. The van der Waals surface area contributed by atoms with Gasteiger partial charge in [0.05, 0.1) is 6.42 Å². The van der Waals surface area contributed by atoms with Crippen LogP contribution in [0.2, 0.25) is 0 Å². The molecule has 136 valence electrons.